The number of rotatable bonds is 6. The van der Waals surface area contributed by atoms with Gasteiger partial charge >= 0.3 is 0 Å². The first-order valence-electron chi connectivity index (χ1n) is 5.75. The van der Waals surface area contributed by atoms with Crippen LogP contribution in [0, 0.1) is 17.1 Å². The third kappa shape index (κ3) is 3.72. The van der Waals surface area contributed by atoms with Crippen LogP contribution in [-0.4, -0.2) is 26.3 Å². The summed E-state index contributed by atoms with van der Waals surface area (Å²) in [5.74, 6) is -0.472. The first kappa shape index (κ1) is 13.5. The van der Waals surface area contributed by atoms with Crippen LogP contribution in [0.5, 0.6) is 0 Å². The number of anilines is 1. The highest BCUT2D eigenvalue weighted by Gasteiger charge is 2.08. The molecule has 0 N–H and O–H groups in total. The van der Waals surface area contributed by atoms with Gasteiger partial charge in [0.1, 0.15) is 11.9 Å². The van der Waals surface area contributed by atoms with Gasteiger partial charge in [-0.2, -0.15) is 5.26 Å². The Balaban J connectivity index is 2.75. The Morgan fingerprint density at radius 3 is 2.71 bits per heavy atom. The van der Waals surface area contributed by atoms with Crippen LogP contribution in [0.1, 0.15) is 19.4 Å². The number of hydrogen-bond acceptors (Lipinski definition) is 3. The average Bonchev–Trinajstić information content (AvgIpc) is 2.35. The van der Waals surface area contributed by atoms with Gasteiger partial charge in [0.25, 0.3) is 0 Å². The van der Waals surface area contributed by atoms with Crippen molar-refractivity contribution in [1.29, 1.82) is 5.26 Å². The van der Waals surface area contributed by atoms with Gasteiger partial charge in [-0.05, 0) is 32.0 Å². The Bertz CT molecular complexity index is 401. The highest BCUT2D eigenvalue weighted by Crippen LogP contribution is 2.18. The first-order valence-corrected chi connectivity index (χ1v) is 5.75. The molecule has 0 unspecified atom stereocenters. The van der Waals surface area contributed by atoms with Crippen molar-refractivity contribution >= 4 is 5.69 Å². The Kier molecular flexibility index (Phi) is 5.44. The predicted molar refractivity (Wildman–Crippen MR) is 65.5 cm³/mol. The van der Waals surface area contributed by atoms with E-state index in [4.69, 9.17) is 10.00 Å². The maximum absolute atomic E-state index is 13.5. The lowest BCUT2D eigenvalue weighted by Gasteiger charge is -2.23. The highest BCUT2D eigenvalue weighted by atomic mass is 19.1. The van der Waals surface area contributed by atoms with Gasteiger partial charge in [0.2, 0.25) is 0 Å². The number of nitriles is 1. The van der Waals surface area contributed by atoms with Crippen molar-refractivity contribution in [2.75, 3.05) is 31.2 Å². The molecule has 0 aliphatic heterocycles. The minimum atomic E-state index is -0.472. The van der Waals surface area contributed by atoms with E-state index in [1.54, 1.807) is 6.07 Å². The molecule has 0 aliphatic rings. The summed E-state index contributed by atoms with van der Waals surface area (Å²) < 4.78 is 18.7. The van der Waals surface area contributed by atoms with Crippen LogP contribution >= 0.6 is 0 Å². The number of halogens is 1. The second-order valence-electron chi connectivity index (χ2n) is 3.55. The van der Waals surface area contributed by atoms with Gasteiger partial charge in [-0.1, -0.05) is 0 Å². The molecule has 1 rings (SSSR count). The van der Waals surface area contributed by atoms with Crippen LogP contribution in [0.4, 0.5) is 10.1 Å². The lowest BCUT2D eigenvalue weighted by Crippen LogP contribution is -2.27. The third-order valence-corrected chi connectivity index (χ3v) is 2.53. The Morgan fingerprint density at radius 2 is 2.18 bits per heavy atom. The van der Waals surface area contributed by atoms with E-state index in [0.29, 0.717) is 13.2 Å². The van der Waals surface area contributed by atoms with Gasteiger partial charge in [-0.25, -0.2) is 4.39 Å². The first-order chi connectivity index (χ1) is 8.22. The van der Waals surface area contributed by atoms with Crippen molar-refractivity contribution in [3.05, 3.63) is 29.6 Å². The molecule has 92 valence electrons. The summed E-state index contributed by atoms with van der Waals surface area (Å²) in [4.78, 5) is 2.01. The van der Waals surface area contributed by atoms with Crippen LogP contribution in [0.2, 0.25) is 0 Å². The van der Waals surface area contributed by atoms with Crippen molar-refractivity contribution in [1.82, 2.24) is 0 Å². The van der Waals surface area contributed by atoms with Crippen LogP contribution < -0.4 is 4.90 Å². The fraction of sp³-hybridized carbons (Fsp3) is 0.462. The van der Waals surface area contributed by atoms with Gasteiger partial charge in [0, 0.05) is 25.4 Å². The topological polar surface area (TPSA) is 36.3 Å². The van der Waals surface area contributed by atoms with Gasteiger partial charge in [0.15, 0.2) is 0 Å². The molecule has 0 saturated heterocycles. The summed E-state index contributed by atoms with van der Waals surface area (Å²) in [6, 6.07) is 6.48. The third-order valence-electron chi connectivity index (χ3n) is 2.53. The van der Waals surface area contributed by atoms with E-state index in [-0.39, 0.29) is 5.56 Å². The standard InChI is InChI=1S/C13H17FN2O/c1-3-16(7-8-17-4-2)12-6-5-11(10-15)13(14)9-12/h5-6,9H,3-4,7-8H2,1-2H3. The van der Waals surface area contributed by atoms with Crippen molar-refractivity contribution in [3.8, 4) is 6.07 Å². The lowest BCUT2D eigenvalue weighted by atomic mass is 10.2. The van der Waals surface area contributed by atoms with E-state index in [2.05, 4.69) is 0 Å². The molecule has 0 amide bonds. The Labute approximate surface area is 101 Å². The monoisotopic (exact) mass is 236 g/mol. The zero-order valence-corrected chi connectivity index (χ0v) is 10.2. The molecule has 0 atom stereocenters. The summed E-state index contributed by atoms with van der Waals surface area (Å²) in [7, 11) is 0. The smallest absolute Gasteiger partial charge is 0.143 e. The maximum Gasteiger partial charge on any atom is 0.143 e. The maximum atomic E-state index is 13.5. The van der Waals surface area contributed by atoms with Crippen LogP contribution in [0.3, 0.4) is 0 Å². The molecule has 1 aromatic rings. The summed E-state index contributed by atoms with van der Waals surface area (Å²) in [5, 5.41) is 8.65. The SMILES string of the molecule is CCOCCN(CC)c1ccc(C#N)c(F)c1. The van der Waals surface area contributed by atoms with E-state index in [0.717, 1.165) is 18.8 Å². The van der Waals surface area contributed by atoms with Crippen LogP contribution in [0.15, 0.2) is 18.2 Å². The second kappa shape index (κ2) is 6.87. The summed E-state index contributed by atoms with van der Waals surface area (Å²) >= 11 is 0. The van der Waals surface area contributed by atoms with Gasteiger partial charge in [-0.15, -0.1) is 0 Å². The molecule has 0 saturated carbocycles. The van der Waals surface area contributed by atoms with Crippen molar-refractivity contribution in [2.24, 2.45) is 0 Å². The molecule has 0 aliphatic carbocycles. The molecule has 17 heavy (non-hydrogen) atoms. The average molecular weight is 236 g/mol. The molecule has 0 heterocycles. The molecule has 4 heteroatoms. The molecule has 0 fully saturated rings. The van der Waals surface area contributed by atoms with Crippen LogP contribution in [-0.2, 0) is 4.74 Å². The molecule has 0 bridgehead atoms. The van der Waals surface area contributed by atoms with Crippen molar-refractivity contribution in [2.45, 2.75) is 13.8 Å². The molecule has 0 spiro atoms. The fourth-order valence-corrected chi connectivity index (χ4v) is 1.58. The highest BCUT2D eigenvalue weighted by molar-refractivity contribution is 5.50. The summed E-state index contributed by atoms with van der Waals surface area (Å²) in [6.45, 7) is 6.74. The Hall–Kier alpha value is -1.60. The fourth-order valence-electron chi connectivity index (χ4n) is 1.58. The minimum Gasteiger partial charge on any atom is -0.380 e. The minimum absolute atomic E-state index is 0.0783. The quantitative estimate of drug-likeness (QED) is 0.712. The van der Waals surface area contributed by atoms with Gasteiger partial charge in [0.05, 0.1) is 12.2 Å². The predicted octanol–water partition coefficient (Wildman–Crippen LogP) is 2.56. The molecule has 1 aromatic carbocycles. The Morgan fingerprint density at radius 1 is 1.41 bits per heavy atom. The number of nitrogens with zero attached hydrogens (tertiary/aromatic N) is 2. The summed E-state index contributed by atoms with van der Waals surface area (Å²) in [6.07, 6.45) is 0. The normalized spacial score (nSPS) is 10.0. The molecule has 0 radical (unpaired) electrons. The lowest BCUT2D eigenvalue weighted by molar-refractivity contribution is 0.154. The molecular formula is C13H17FN2O. The summed E-state index contributed by atoms with van der Waals surface area (Å²) in [5.41, 5.74) is 0.860. The van der Waals surface area contributed by atoms with E-state index in [1.165, 1.54) is 12.1 Å². The number of hydrogen-bond donors (Lipinski definition) is 0. The van der Waals surface area contributed by atoms with E-state index in [9.17, 15) is 4.39 Å². The molecule has 0 aromatic heterocycles. The number of ether oxygens (including phenoxy) is 1. The van der Waals surface area contributed by atoms with Gasteiger partial charge in [-0.3, -0.25) is 0 Å². The van der Waals surface area contributed by atoms with E-state index < -0.39 is 5.82 Å². The zero-order valence-electron chi connectivity index (χ0n) is 10.2. The number of benzene rings is 1. The largest absolute Gasteiger partial charge is 0.380 e. The van der Waals surface area contributed by atoms with E-state index in [1.807, 2.05) is 24.8 Å². The van der Waals surface area contributed by atoms with E-state index >= 15 is 0 Å². The van der Waals surface area contributed by atoms with Crippen molar-refractivity contribution in [3.63, 3.8) is 0 Å². The molecule has 3 nitrogen and oxygen atoms in total. The van der Waals surface area contributed by atoms with Crippen molar-refractivity contribution < 1.29 is 9.13 Å². The number of likely N-dealkylation sites (N-methyl/N-ethyl adjacent to an activating group) is 1. The zero-order chi connectivity index (χ0) is 12.7. The second-order valence-corrected chi connectivity index (χ2v) is 3.55. The molecular weight excluding hydrogens is 219 g/mol. The van der Waals surface area contributed by atoms with Crippen LogP contribution in [0.25, 0.3) is 0 Å². The van der Waals surface area contributed by atoms with Gasteiger partial charge < -0.3 is 9.64 Å².